The van der Waals surface area contributed by atoms with Crippen LogP contribution in [0.2, 0.25) is 0 Å². The van der Waals surface area contributed by atoms with Gasteiger partial charge in [0.15, 0.2) is 5.82 Å². The summed E-state index contributed by atoms with van der Waals surface area (Å²) in [7, 11) is 2.90. The van der Waals surface area contributed by atoms with Crippen molar-refractivity contribution < 1.29 is 28.2 Å². The molecular formula is C34H39FN8O6. The monoisotopic (exact) mass is 674 g/mol. The van der Waals surface area contributed by atoms with Gasteiger partial charge in [0, 0.05) is 37.9 Å². The highest BCUT2D eigenvalue weighted by molar-refractivity contribution is 6.03. The summed E-state index contributed by atoms with van der Waals surface area (Å²) in [6.45, 7) is 6.25. The molecular weight excluding hydrogens is 635 g/mol. The smallest absolute Gasteiger partial charge is 0.327 e. The summed E-state index contributed by atoms with van der Waals surface area (Å²) in [5.74, 6) is 0.235. The summed E-state index contributed by atoms with van der Waals surface area (Å²) in [6.07, 6.45) is 0. The molecule has 49 heavy (non-hydrogen) atoms. The average molecular weight is 675 g/mol. The number of carbonyl (C=O) groups excluding carboxylic acids is 2. The third-order valence-corrected chi connectivity index (χ3v) is 8.68. The molecule has 3 amide bonds. The number of aromatic nitrogens is 3. The molecule has 6 rings (SSSR count). The van der Waals surface area contributed by atoms with Gasteiger partial charge in [0.25, 0.3) is 5.56 Å². The number of nitrogens with zero attached hydrogens (tertiary/aromatic N) is 7. The molecule has 2 saturated heterocycles. The lowest BCUT2D eigenvalue weighted by atomic mass is 10.2. The van der Waals surface area contributed by atoms with Crippen LogP contribution in [0.25, 0.3) is 10.9 Å². The van der Waals surface area contributed by atoms with Crippen LogP contribution in [0.15, 0.2) is 65.5 Å². The van der Waals surface area contributed by atoms with E-state index in [1.54, 1.807) is 43.3 Å². The van der Waals surface area contributed by atoms with Gasteiger partial charge in [-0.15, -0.1) is 0 Å². The number of para-hydroxylation sites is 1. The van der Waals surface area contributed by atoms with Crippen molar-refractivity contribution in [2.45, 2.75) is 13.0 Å². The van der Waals surface area contributed by atoms with Crippen LogP contribution in [0.3, 0.4) is 0 Å². The maximum Gasteiger partial charge on any atom is 0.327 e. The van der Waals surface area contributed by atoms with Gasteiger partial charge in [0.05, 0.1) is 64.0 Å². The second kappa shape index (κ2) is 14.9. The van der Waals surface area contributed by atoms with E-state index in [-0.39, 0.29) is 34.7 Å². The number of halogens is 1. The Balaban J connectivity index is 1.37. The van der Waals surface area contributed by atoms with Crippen LogP contribution in [0.4, 0.5) is 20.6 Å². The zero-order chi connectivity index (χ0) is 34.5. The van der Waals surface area contributed by atoms with Crippen LogP contribution < -0.4 is 30.3 Å². The van der Waals surface area contributed by atoms with Gasteiger partial charge in [-0.3, -0.25) is 19.4 Å². The first kappa shape index (κ1) is 33.6. The van der Waals surface area contributed by atoms with Crippen molar-refractivity contribution in [1.29, 1.82) is 0 Å². The van der Waals surface area contributed by atoms with Crippen LogP contribution in [-0.4, -0.2) is 110 Å². The van der Waals surface area contributed by atoms with E-state index in [9.17, 15) is 18.8 Å². The molecule has 2 aromatic heterocycles. The SMILES string of the molecule is COc1ccc(N(C(=O)Nc2ccc(F)cc2)C(C)c2nc3ccccc3c(=O)n2N2CCN(C(=O)CN3CCOCC3)CC2)c(OC)n1. The zero-order valence-corrected chi connectivity index (χ0v) is 27.7. The van der Waals surface area contributed by atoms with E-state index in [4.69, 9.17) is 19.2 Å². The lowest BCUT2D eigenvalue weighted by Gasteiger charge is -2.39. The first-order chi connectivity index (χ1) is 23.8. The molecule has 1 N–H and O–H groups in total. The predicted octanol–water partition coefficient (Wildman–Crippen LogP) is 2.86. The Morgan fingerprint density at radius 2 is 1.65 bits per heavy atom. The lowest BCUT2D eigenvalue weighted by Crippen LogP contribution is -2.58. The summed E-state index contributed by atoms with van der Waals surface area (Å²) in [4.78, 5) is 56.2. The molecule has 4 aromatic rings. The number of hydrogen-bond donors (Lipinski definition) is 1. The number of ether oxygens (including phenoxy) is 3. The van der Waals surface area contributed by atoms with Crippen molar-refractivity contribution in [2.24, 2.45) is 0 Å². The molecule has 1 atom stereocenters. The maximum atomic E-state index is 14.3. The Kier molecular flexibility index (Phi) is 10.2. The predicted molar refractivity (Wildman–Crippen MR) is 181 cm³/mol. The van der Waals surface area contributed by atoms with Gasteiger partial charge >= 0.3 is 6.03 Å². The number of hydrogen-bond acceptors (Lipinski definition) is 10. The second-order valence-corrected chi connectivity index (χ2v) is 11.7. The number of fused-ring (bicyclic) bond motifs is 1. The molecule has 1 unspecified atom stereocenters. The quantitative estimate of drug-likeness (QED) is 0.283. The van der Waals surface area contributed by atoms with Crippen LogP contribution >= 0.6 is 0 Å². The number of amides is 3. The van der Waals surface area contributed by atoms with Gasteiger partial charge in [-0.2, -0.15) is 4.98 Å². The summed E-state index contributed by atoms with van der Waals surface area (Å²) in [6, 6.07) is 14.2. The number of pyridine rings is 1. The van der Waals surface area contributed by atoms with Gasteiger partial charge in [0.2, 0.25) is 17.7 Å². The number of nitrogens with one attached hydrogen (secondary N) is 1. The van der Waals surface area contributed by atoms with Gasteiger partial charge in [0.1, 0.15) is 11.5 Å². The van der Waals surface area contributed by atoms with Crippen molar-refractivity contribution in [2.75, 3.05) is 88.5 Å². The number of rotatable bonds is 9. The molecule has 14 nitrogen and oxygen atoms in total. The summed E-state index contributed by atoms with van der Waals surface area (Å²) in [5, 5.41) is 5.10. The van der Waals surface area contributed by atoms with Crippen molar-refractivity contribution in [3.8, 4) is 11.8 Å². The highest BCUT2D eigenvalue weighted by Gasteiger charge is 2.33. The van der Waals surface area contributed by atoms with E-state index in [1.807, 2.05) is 9.91 Å². The number of methoxy groups -OCH3 is 2. The molecule has 0 aliphatic carbocycles. The van der Waals surface area contributed by atoms with Crippen molar-refractivity contribution in [1.82, 2.24) is 24.4 Å². The molecule has 258 valence electrons. The van der Waals surface area contributed by atoms with Crippen molar-refractivity contribution >= 4 is 34.2 Å². The van der Waals surface area contributed by atoms with E-state index in [2.05, 4.69) is 15.2 Å². The highest BCUT2D eigenvalue weighted by atomic mass is 19.1. The number of morpholine rings is 1. The molecule has 2 fully saturated rings. The van der Waals surface area contributed by atoms with E-state index >= 15 is 0 Å². The normalized spacial score (nSPS) is 15.9. The minimum absolute atomic E-state index is 0.0295. The van der Waals surface area contributed by atoms with Crippen molar-refractivity contribution in [3.63, 3.8) is 0 Å². The molecule has 2 aliphatic heterocycles. The number of anilines is 2. The Labute approximate surface area is 282 Å². The zero-order valence-electron chi connectivity index (χ0n) is 27.7. The molecule has 15 heteroatoms. The third kappa shape index (κ3) is 7.27. The summed E-state index contributed by atoms with van der Waals surface area (Å²) in [5.41, 5.74) is 0.788. The summed E-state index contributed by atoms with van der Waals surface area (Å²) >= 11 is 0. The molecule has 2 aliphatic rings. The van der Waals surface area contributed by atoms with Crippen LogP contribution in [-0.2, 0) is 9.53 Å². The summed E-state index contributed by atoms with van der Waals surface area (Å²) < 4.78 is 31.5. The molecule has 2 aromatic carbocycles. The Morgan fingerprint density at radius 3 is 2.35 bits per heavy atom. The molecule has 0 spiro atoms. The Morgan fingerprint density at radius 1 is 0.939 bits per heavy atom. The average Bonchev–Trinajstić information content (AvgIpc) is 3.13. The fourth-order valence-corrected chi connectivity index (χ4v) is 6.07. The van der Waals surface area contributed by atoms with E-state index in [0.29, 0.717) is 75.6 Å². The Bertz CT molecular complexity index is 1860. The number of piperazine rings is 1. The number of carbonyl (C=O) groups is 2. The van der Waals surface area contributed by atoms with Gasteiger partial charge in [-0.05, 0) is 49.4 Å². The number of urea groups is 1. The topological polar surface area (TPSA) is 135 Å². The largest absolute Gasteiger partial charge is 0.481 e. The van der Waals surface area contributed by atoms with E-state index in [0.717, 1.165) is 0 Å². The van der Waals surface area contributed by atoms with E-state index in [1.165, 1.54) is 48.1 Å². The first-order valence-electron chi connectivity index (χ1n) is 16.1. The van der Waals surface area contributed by atoms with Crippen LogP contribution in [0.1, 0.15) is 18.8 Å². The van der Waals surface area contributed by atoms with Crippen LogP contribution in [0, 0.1) is 5.82 Å². The van der Waals surface area contributed by atoms with Crippen LogP contribution in [0.5, 0.6) is 11.8 Å². The Hall–Kier alpha value is -5.28. The minimum Gasteiger partial charge on any atom is -0.481 e. The third-order valence-electron chi connectivity index (χ3n) is 8.68. The minimum atomic E-state index is -0.872. The highest BCUT2D eigenvalue weighted by Crippen LogP contribution is 2.35. The molecule has 0 bridgehead atoms. The van der Waals surface area contributed by atoms with Gasteiger partial charge in [-0.25, -0.2) is 18.8 Å². The maximum absolute atomic E-state index is 14.3. The molecule has 0 radical (unpaired) electrons. The second-order valence-electron chi connectivity index (χ2n) is 11.7. The van der Waals surface area contributed by atoms with Gasteiger partial charge in [-0.1, -0.05) is 12.1 Å². The first-order valence-corrected chi connectivity index (χ1v) is 16.1. The number of benzene rings is 2. The standard InChI is InChI=1S/C34H39FN8O6/c1-23(42(28-12-13-29(47-2)38-32(28)48-3)34(46)36-25-10-8-24(35)9-11-25)31-37-27-7-5-4-6-26(27)33(45)43(31)41-16-14-40(15-17-41)30(44)22-39-18-20-49-21-19-39/h4-13,23H,14-22H2,1-3H3,(H,36,46). The van der Waals surface area contributed by atoms with E-state index < -0.39 is 17.9 Å². The lowest BCUT2D eigenvalue weighted by molar-refractivity contribution is -0.133. The molecule has 4 heterocycles. The fourth-order valence-electron chi connectivity index (χ4n) is 6.07. The van der Waals surface area contributed by atoms with Crippen molar-refractivity contribution in [3.05, 3.63) is 82.7 Å². The van der Waals surface area contributed by atoms with Gasteiger partial charge < -0.3 is 29.4 Å². The fraction of sp³-hybridized carbons (Fsp3) is 0.382. The molecule has 0 saturated carbocycles.